The van der Waals surface area contributed by atoms with Crippen LogP contribution in [-0.2, 0) is 22.6 Å². The Morgan fingerprint density at radius 1 is 1.21 bits per heavy atom. The molecule has 4 rings (SSSR count). The number of halogens is 1. The number of aryl methyl sites for hydroxylation is 1. The first-order chi connectivity index (χ1) is 16.0. The van der Waals surface area contributed by atoms with Gasteiger partial charge in [0.1, 0.15) is 41.4 Å². The van der Waals surface area contributed by atoms with Crippen molar-refractivity contribution in [1.29, 1.82) is 0 Å². The molecule has 1 N–H and O–H groups in total. The summed E-state index contributed by atoms with van der Waals surface area (Å²) in [5.41, 5.74) is 1.83. The summed E-state index contributed by atoms with van der Waals surface area (Å²) in [5, 5.41) is 8.86. The highest BCUT2D eigenvalue weighted by Gasteiger charge is 2.24. The summed E-state index contributed by atoms with van der Waals surface area (Å²) in [5.74, 6) is -0.0684. The number of carboxylic acids is 1. The second kappa shape index (κ2) is 10.3. The summed E-state index contributed by atoms with van der Waals surface area (Å²) in [6.45, 7) is 0.949. The van der Waals surface area contributed by atoms with Crippen LogP contribution >= 0.6 is 0 Å². The molecular formula is C24H23FN2O6. The molecule has 0 aliphatic carbocycles. The summed E-state index contributed by atoms with van der Waals surface area (Å²) in [6.07, 6.45) is 1.78. The number of aliphatic carboxylic acids is 1. The van der Waals surface area contributed by atoms with Crippen LogP contribution in [0.1, 0.15) is 17.7 Å². The molecule has 33 heavy (non-hydrogen) atoms. The number of aromatic nitrogens is 2. The first kappa shape index (κ1) is 22.5. The Kier molecular flexibility index (Phi) is 6.99. The number of nitrogens with zero attached hydrogens (tertiary/aromatic N) is 2. The lowest BCUT2D eigenvalue weighted by Gasteiger charge is -2.27. The van der Waals surface area contributed by atoms with Gasteiger partial charge in [-0.25, -0.2) is 14.4 Å². The van der Waals surface area contributed by atoms with Crippen molar-refractivity contribution in [3.8, 4) is 28.6 Å². The minimum Gasteiger partial charge on any atom is -0.497 e. The number of hydrogen-bond donors (Lipinski definition) is 1. The maximum Gasteiger partial charge on any atom is 0.303 e. The Bertz CT molecular complexity index is 1140. The number of ether oxygens (including phenoxy) is 4. The minimum atomic E-state index is -0.853. The second-order valence-corrected chi connectivity index (χ2v) is 7.47. The van der Waals surface area contributed by atoms with Gasteiger partial charge in [0, 0.05) is 12.0 Å². The molecule has 1 aromatic heterocycles. The summed E-state index contributed by atoms with van der Waals surface area (Å²) >= 11 is 0. The molecule has 0 unspecified atom stereocenters. The molecule has 1 aliphatic heterocycles. The van der Waals surface area contributed by atoms with Crippen LogP contribution in [0.25, 0.3) is 11.3 Å². The summed E-state index contributed by atoms with van der Waals surface area (Å²) < 4.78 is 36.7. The fraction of sp³-hybridized carbons (Fsp3) is 0.292. The van der Waals surface area contributed by atoms with Crippen LogP contribution < -0.4 is 14.2 Å². The van der Waals surface area contributed by atoms with Crippen molar-refractivity contribution in [2.75, 3.05) is 20.3 Å². The first-order valence-corrected chi connectivity index (χ1v) is 10.4. The van der Waals surface area contributed by atoms with Crippen LogP contribution in [0.2, 0.25) is 0 Å². The highest BCUT2D eigenvalue weighted by molar-refractivity contribution is 5.67. The zero-order chi connectivity index (χ0) is 23.2. The SMILES string of the molecule is COc1ccc(F)c(-c2ncc(COc3cccc(CCC(=O)O)c3)nc2OC2COC2)c1. The Morgan fingerprint density at radius 2 is 2.06 bits per heavy atom. The van der Waals surface area contributed by atoms with E-state index in [1.54, 1.807) is 24.3 Å². The highest BCUT2D eigenvalue weighted by atomic mass is 19.1. The van der Waals surface area contributed by atoms with E-state index < -0.39 is 11.8 Å². The zero-order valence-electron chi connectivity index (χ0n) is 18.0. The molecule has 0 amide bonds. The van der Waals surface area contributed by atoms with Crippen molar-refractivity contribution < 1.29 is 33.2 Å². The fourth-order valence-electron chi connectivity index (χ4n) is 3.20. The number of rotatable bonds is 10. The van der Waals surface area contributed by atoms with Crippen LogP contribution in [0.5, 0.6) is 17.4 Å². The maximum atomic E-state index is 14.6. The Morgan fingerprint density at radius 3 is 2.79 bits per heavy atom. The molecule has 0 atom stereocenters. The van der Waals surface area contributed by atoms with Gasteiger partial charge in [0.05, 0.1) is 26.5 Å². The minimum absolute atomic E-state index is 0.0444. The number of benzene rings is 2. The number of carbonyl (C=O) groups is 1. The lowest BCUT2D eigenvalue weighted by atomic mass is 10.1. The molecule has 2 aromatic carbocycles. The van der Waals surface area contributed by atoms with E-state index in [1.165, 1.54) is 25.4 Å². The molecule has 9 heteroatoms. The van der Waals surface area contributed by atoms with Crippen LogP contribution in [0.4, 0.5) is 4.39 Å². The van der Waals surface area contributed by atoms with E-state index in [0.29, 0.717) is 36.8 Å². The third kappa shape index (κ3) is 5.75. The number of carboxylic acid groups (broad SMARTS) is 1. The van der Waals surface area contributed by atoms with Gasteiger partial charge in [-0.1, -0.05) is 12.1 Å². The van der Waals surface area contributed by atoms with Gasteiger partial charge < -0.3 is 24.1 Å². The van der Waals surface area contributed by atoms with Gasteiger partial charge in [-0.05, 0) is 42.3 Å². The molecule has 8 nitrogen and oxygen atoms in total. The predicted molar refractivity (Wildman–Crippen MR) is 116 cm³/mol. The van der Waals surface area contributed by atoms with Gasteiger partial charge in [0.2, 0.25) is 5.88 Å². The molecule has 1 fully saturated rings. The van der Waals surface area contributed by atoms with E-state index in [-0.39, 0.29) is 36.3 Å². The molecule has 3 aromatic rings. The number of hydrogen-bond acceptors (Lipinski definition) is 7. The Hall–Kier alpha value is -3.72. The topological polar surface area (TPSA) is 100 Å². The van der Waals surface area contributed by atoms with E-state index in [0.717, 1.165) is 5.56 Å². The number of methoxy groups -OCH3 is 1. The average molecular weight is 454 g/mol. The average Bonchev–Trinajstić information content (AvgIpc) is 2.79. The molecule has 0 spiro atoms. The van der Waals surface area contributed by atoms with Gasteiger partial charge in [0.25, 0.3) is 0 Å². The first-order valence-electron chi connectivity index (χ1n) is 10.4. The predicted octanol–water partition coefficient (Wildman–Crippen LogP) is 3.67. The monoisotopic (exact) mass is 454 g/mol. The smallest absolute Gasteiger partial charge is 0.303 e. The molecule has 1 saturated heterocycles. The van der Waals surface area contributed by atoms with Gasteiger partial charge in [-0.2, -0.15) is 0 Å². The fourth-order valence-corrected chi connectivity index (χ4v) is 3.20. The zero-order valence-corrected chi connectivity index (χ0v) is 18.0. The van der Waals surface area contributed by atoms with Crippen molar-refractivity contribution in [1.82, 2.24) is 9.97 Å². The standard InChI is InChI=1S/C24H23FN2O6/c1-30-17-6-7-21(25)20(10-17)23-24(33-19-13-31-14-19)27-16(11-26-23)12-32-18-4-2-3-15(9-18)5-8-22(28)29/h2-4,6-7,9-11,19H,5,8,12-14H2,1H3,(H,28,29). The highest BCUT2D eigenvalue weighted by Crippen LogP contribution is 2.32. The molecule has 1 aliphatic rings. The van der Waals surface area contributed by atoms with Crippen LogP contribution in [-0.4, -0.2) is 47.5 Å². The lowest BCUT2D eigenvalue weighted by molar-refractivity contribution is -0.136. The summed E-state index contributed by atoms with van der Waals surface area (Å²) in [4.78, 5) is 19.7. The Balaban J connectivity index is 1.54. The molecule has 0 saturated carbocycles. The molecular weight excluding hydrogens is 431 g/mol. The van der Waals surface area contributed by atoms with Crippen LogP contribution in [0.15, 0.2) is 48.7 Å². The van der Waals surface area contributed by atoms with Gasteiger partial charge >= 0.3 is 5.97 Å². The molecule has 0 bridgehead atoms. The van der Waals surface area contributed by atoms with Crippen molar-refractivity contribution in [3.05, 3.63) is 65.7 Å². The van der Waals surface area contributed by atoms with Crippen LogP contribution in [0.3, 0.4) is 0 Å². The largest absolute Gasteiger partial charge is 0.497 e. The molecule has 0 radical (unpaired) electrons. The van der Waals surface area contributed by atoms with Crippen molar-refractivity contribution >= 4 is 5.97 Å². The quantitative estimate of drug-likeness (QED) is 0.495. The molecule has 172 valence electrons. The molecule has 2 heterocycles. The maximum absolute atomic E-state index is 14.6. The van der Waals surface area contributed by atoms with Gasteiger partial charge in [0.15, 0.2) is 0 Å². The Labute approximate surface area is 189 Å². The van der Waals surface area contributed by atoms with Gasteiger partial charge in [-0.3, -0.25) is 4.79 Å². The lowest BCUT2D eigenvalue weighted by Crippen LogP contribution is -2.39. The van der Waals surface area contributed by atoms with Crippen molar-refractivity contribution in [2.24, 2.45) is 0 Å². The third-order valence-electron chi connectivity index (χ3n) is 5.02. The van der Waals surface area contributed by atoms with E-state index in [1.807, 2.05) is 6.07 Å². The van der Waals surface area contributed by atoms with Crippen molar-refractivity contribution in [3.63, 3.8) is 0 Å². The normalized spacial score (nSPS) is 13.3. The third-order valence-corrected chi connectivity index (χ3v) is 5.02. The summed E-state index contributed by atoms with van der Waals surface area (Å²) in [6, 6.07) is 11.6. The summed E-state index contributed by atoms with van der Waals surface area (Å²) in [7, 11) is 1.50. The van der Waals surface area contributed by atoms with E-state index in [4.69, 9.17) is 24.1 Å². The van der Waals surface area contributed by atoms with Crippen LogP contribution in [0, 0.1) is 5.82 Å². The second-order valence-electron chi connectivity index (χ2n) is 7.47. The van der Waals surface area contributed by atoms with Gasteiger partial charge in [-0.15, -0.1) is 0 Å². The van der Waals surface area contributed by atoms with Crippen molar-refractivity contribution in [2.45, 2.75) is 25.6 Å². The van der Waals surface area contributed by atoms with E-state index in [2.05, 4.69) is 9.97 Å². The van der Waals surface area contributed by atoms with E-state index >= 15 is 0 Å². The van der Waals surface area contributed by atoms with E-state index in [9.17, 15) is 9.18 Å².